The summed E-state index contributed by atoms with van der Waals surface area (Å²) in [4.78, 5) is 2.60. The van der Waals surface area contributed by atoms with Gasteiger partial charge in [0.25, 0.3) is 0 Å². The second-order valence-electron chi connectivity index (χ2n) is 6.28. The highest BCUT2D eigenvalue weighted by molar-refractivity contribution is 4.59. The number of rotatable bonds is 18. The minimum absolute atomic E-state index is 0.702. The lowest BCUT2D eigenvalue weighted by Crippen LogP contribution is -2.30. The van der Waals surface area contributed by atoms with Gasteiger partial charge in [0.05, 0.1) is 19.8 Å². The molecule has 0 unspecified atom stereocenters. The summed E-state index contributed by atoms with van der Waals surface area (Å²) in [6.45, 7) is 10.4. The third-order valence-electron chi connectivity index (χ3n) is 4.14. The molecule has 3 nitrogen and oxygen atoms in total. The Hall–Kier alpha value is -0.120. The predicted octanol–water partition coefficient (Wildman–Crippen LogP) is 4.89. The number of unbranched alkanes of at least 4 members (excludes halogenated alkanes) is 8. The Balaban J connectivity index is 3.72. The van der Waals surface area contributed by atoms with Gasteiger partial charge in [0.2, 0.25) is 0 Å². The lowest BCUT2D eigenvalue weighted by atomic mass is 10.1. The molecule has 0 saturated carbocycles. The molecule has 0 rings (SSSR count). The average molecular weight is 316 g/mol. The number of nitrogens with zero attached hydrogens (tertiary/aromatic N) is 1. The third kappa shape index (κ3) is 16.3. The summed E-state index contributed by atoms with van der Waals surface area (Å²) in [5, 5.41) is 0. The van der Waals surface area contributed by atoms with Gasteiger partial charge in [-0.2, -0.15) is 0 Å². The first kappa shape index (κ1) is 21.9. The standard InChI is InChI=1S/C19H41NO2/c1-4-6-8-10-12-14-20(15-13-11-9-7-5-2)16-17-22-19-18-21-3/h4-19H2,1-3H3. The van der Waals surface area contributed by atoms with E-state index in [0.717, 1.165) is 19.8 Å². The Morgan fingerprint density at radius 1 is 0.591 bits per heavy atom. The first-order valence-corrected chi connectivity index (χ1v) is 9.64. The second-order valence-corrected chi connectivity index (χ2v) is 6.28. The molecule has 22 heavy (non-hydrogen) atoms. The van der Waals surface area contributed by atoms with Crippen LogP contribution in [0.4, 0.5) is 0 Å². The predicted molar refractivity (Wildman–Crippen MR) is 96.7 cm³/mol. The first-order valence-electron chi connectivity index (χ1n) is 9.64. The minimum atomic E-state index is 0.702. The van der Waals surface area contributed by atoms with Crippen LogP contribution in [0.3, 0.4) is 0 Å². The second kappa shape index (κ2) is 18.9. The van der Waals surface area contributed by atoms with Crippen LogP contribution in [0.25, 0.3) is 0 Å². The monoisotopic (exact) mass is 315 g/mol. The van der Waals surface area contributed by atoms with Gasteiger partial charge in [-0.25, -0.2) is 0 Å². The highest BCUT2D eigenvalue weighted by Crippen LogP contribution is 2.07. The molecule has 0 aliphatic heterocycles. The third-order valence-corrected chi connectivity index (χ3v) is 4.14. The molecule has 0 aromatic carbocycles. The lowest BCUT2D eigenvalue weighted by molar-refractivity contribution is 0.0565. The highest BCUT2D eigenvalue weighted by Gasteiger charge is 2.04. The van der Waals surface area contributed by atoms with E-state index in [1.807, 2.05) is 0 Å². The summed E-state index contributed by atoms with van der Waals surface area (Å²) < 4.78 is 10.6. The summed E-state index contributed by atoms with van der Waals surface area (Å²) in [6, 6.07) is 0. The van der Waals surface area contributed by atoms with E-state index < -0.39 is 0 Å². The summed E-state index contributed by atoms with van der Waals surface area (Å²) >= 11 is 0. The Bertz CT molecular complexity index is 167. The van der Waals surface area contributed by atoms with Gasteiger partial charge >= 0.3 is 0 Å². The van der Waals surface area contributed by atoms with Crippen molar-refractivity contribution in [1.82, 2.24) is 4.90 Å². The molecule has 0 heterocycles. The molecule has 0 spiro atoms. The van der Waals surface area contributed by atoms with Gasteiger partial charge in [0, 0.05) is 13.7 Å². The maximum Gasteiger partial charge on any atom is 0.0700 e. The van der Waals surface area contributed by atoms with Crippen LogP contribution in [0.2, 0.25) is 0 Å². The van der Waals surface area contributed by atoms with Gasteiger partial charge in [-0.15, -0.1) is 0 Å². The normalized spacial score (nSPS) is 11.5. The van der Waals surface area contributed by atoms with Crippen molar-refractivity contribution in [3.05, 3.63) is 0 Å². The molecule has 0 saturated heterocycles. The van der Waals surface area contributed by atoms with Gasteiger partial charge in [0.15, 0.2) is 0 Å². The quantitative estimate of drug-likeness (QED) is 0.336. The van der Waals surface area contributed by atoms with Crippen LogP contribution in [0.15, 0.2) is 0 Å². The molecule has 0 aromatic rings. The van der Waals surface area contributed by atoms with Crippen molar-refractivity contribution in [2.45, 2.75) is 78.1 Å². The maximum atomic E-state index is 5.63. The van der Waals surface area contributed by atoms with Crippen molar-refractivity contribution in [3.8, 4) is 0 Å². The Morgan fingerprint density at radius 3 is 1.64 bits per heavy atom. The van der Waals surface area contributed by atoms with E-state index in [4.69, 9.17) is 9.47 Å². The van der Waals surface area contributed by atoms with E-state index in [0.29, 0.717) is 6.61 Å². The summed E-state index contributed by atoms with van der Waals surface area (Å²) in [6.07, 6.45) is 13.7. The van der Waals surface area contributed by atoms with Crippen LogP contribution in [-0.4, -0.2) is 51.5 Å². The molecular weight excluding hydrogens is 274 g/mol. The van der Waals surface area contributed by atoms with E-state index in [1.165, 1.54) is 77.3 Å². The van der Waals surface area contributed by atoms with Crippen molar-refractivity contribution in [2.24, 2.45) is 0 Å². The number of hydrogen-bond acceptors (Lipinski definition) is 3. The Labute approximate surface area is 139 Å². The van der Waals surface area contributed by atoms with Gasteiger partial charge in [0.1, 0.15) is 0 Å². The largest absolute Gasteiger partial charge is 0.382 e. The topological polar surface area (TPSA) is 21.7 Å². The van der Waals surface area contributed by atoms with Gasteiger partial charge in [-0.05, 0) is 25.9 Å². The molecule has 0 atom stereocenters. The van der Waals surface area contributed by atoms with E-state index in [-0.39, 0.29) is 0 Å². The SMILES string of the molecule is CCCCCCCN(CCCCCCC)CCOCCOC. The minimum Gasteiger partial charge on any atom is -0.382 e. The molecule has 0 aromatic heterocycles. The number of ether oxygens (including phenoxy) is 2. The Kier molecular flexibility index (Phi) is 18.8. The highest BCUT2D eigenvalue weighted by atomic mass is 16.5. The fourth-order valence-corrected chi connectivity index (χ4v) is 2.65. The molecule has 0 N–H and O–H groups in total. The zero-order chi connectivity index (χ0) is 16.3. The van der Waals surface area contributed by atoms with Crippen molar-refractivity contribution in [2.75, 3.05) is 46.6 Å². The zero-order valence-corrected chi connectivity index (χ0v) is 15.6. The van der Waals surface area contributed by atoms with Crippen LogP contribution in [0.1, 0.15) is 78.1 Å². The first-order chi connectivity index (χ1) is 10.8. The van der Waals surface area contributed by atoms with Crippen LogP contribution in [0, 0.1) is 0 Å². The fourth-order valence-electron chi connectivity index (χ4n) is 2.65. The van der Waals surface area contributed by atoms with E-state index in [1.54, 1.807) is 7.11 Å². The molecular formula is C19H41NO2. The van der Waals surface area contributed by atoms with Gasteiger partial charge in [-0.3, -0.25) is 0 Å². The molecule has 0 radical (unpaired) electrons. The molecule has 0 aliphatic rings. The fraction of sp³-hybridized carbons (Fsp3) is 1.00. The summed E-state index contributed by atoms with van der Waals surface area (Å²) in [5.41, 5.74) is 0. The van der Waals surface area contributed by atoms with E-state index >= 15 is 0 Å². The number of hydrogen-bond donors (Lipinski definition) is 0. The smallest absolute Gasteiger partial charge is 0.0700 e. The molecule has 3 heteroatoms. The molecule has 0 fully saturated rings. The van der Waals surface area contributed by atoms with E-state index in [2.05, 4.69) is 18.7 Å². The van der Waals surface area contributed by atoms with Crippen LogP contribution < -0.4 is 0 Å². The summed E-state index contributed by atoms with van der Waals surface area (Å²) in [5.74, 6) is 0. The molecule has 0 bridgehead atoms. The van der Waals surface area contributed by atoms with Crippen LogP contribution >= 0.6 is 0 Å². The van der Waals surface area contributed by atoms with Crippen molar-refractivity contribution in [3.63, 3.8) is 0 Å². The summed E-state index contributed by atoms with van der Waals surface area (Å²) in [7, 11) is 1.72. The zero-order valence-electron chi connectivity index (χ0n) is 15.6. The van der Waals surface area contributed by atoms with Gasteiger partial charge < -0.3 is 14.4 Å². The van der Waals surface area contributed by atoms with Crippen LogP contribution in [-0.2, 0) is 9.47 Å². The molecule has 0 aliphatic carbocycles. The lowest BCUT2D eigenvalue weighted by Gasteiger charge is -2.22. The maximum absolute atomic E-state index is 5.63. The average Bonchev–Trinajstić information content (AvgIpc) is 2.53. The van der Waals surface area contributed by atoms with Crippen LogP contribution in [0.5, 0.6) is 0 Å². The number of methoxy groups -OCH3 is 1. The van der Waals surface area contributed by atoms with Crippen molar-refractivity contribution >= 4 is 0 Å². The van der Waals surface area contributed by atoms with Gasteiger partial charge in [-0.1, -0.05) is 65.2 Å². The van der Waals surface area contributed by atoms with E-state index in [9.17, 15) is 0 Å². The molecule has 134 valence electrons. The van der Waals surface area contributed by atoms with Crippen molar-refractivity contribution < 1.29 is 9.47 Å². The van der Waals surface area contributed by atoms with Crippen molar-refractivity contribution in [1.29, 1.82) is 0 Å². The molecule has 0 amide bonds. The Morgan fingerprint density at radius 2 is 1.14 bits per heavy atom.